The first-order valence-corrected chi connectivity index (χ1v) is 6.69. The molecule has 0 heterocycles. The van der Waals surface area contributed by atoms with Crippen LogP contribution in [-0.2, 0) is 0 Å². The molecule has 0 unspecified atom stereocenters. The summed E-state index contributed by atoms with van der Waals surface area (Å²) >= 11 is 5.02. The molecule has 0 spiro atoms. The topological polar surface area (TPSA) is 45.6 Å². The minimum atomic E-state index is -0.695. The van der Waals surface area contributed by atoms with Crippen LogP contribution in [0.25, 0.3) is 0 Å². The summed E-state index contributed by atoms with van der Waals surface area (Å²) in [6.07, 6.45) is 1.03. The highest BCUT2D eigenvalue weighted by molar-refractivity contribution is 7.80. The lowest BCUT2D eigenvalue weighted by Gasteiger charge is -2.07. The molecule has 0 radical (unpaired) electrons. The van der Waals surface area contributed by atoms with Crippen LogP contribution in [0, 0.1) is 11.6 Å². The van der Waals surface area contributed by atoms with Crippen LogP contribution in [0.5, 0.6) is 5.75 Å². The lowest BCUT2D eigenvalue weighted by molar-refractivity contribution is 0.415. The first-order valence-electron chi connectivity index (χ1n) is 6.28. The molecular formula is C15H13F2N3OS. The van der Waals surface area contributed by atoms with Crippen molar-refractivity contribution < 1.29 is 13.5 Å². The van der Waals surface area contributed by atoms with Crippen LogP contribution in [0.15, 0.2) is 47.6 Å². The second kappa shape index (κ2) is 7.46. The monoisotopic (exact) mass is 321 g/mol. The molecule has 0 aliphatic heterocycles. The number of nitrogens with one attached hydrogen (secondary N) is 2. The molecule has 2 N–H and O–H groups in total. The zero-order valence-electron chi connectivity index (χ0n) is 11.6. The number of nitrogens with zero attached hydrogens (tertiary/aromatic N) is 1. The highest BCUT2D eigenvalue weighted by Crippen LogP contribution is 2.14. The maximum Gasteiger partial charge on any atom is 0.191 e. The fraction of sp³-hybridized carbons (Fsp3) is 0.0667. The van der Waals surface area contributed by atoms with Gasteiger partial charge in [-0.15, -0.1) is 0 Å². The van der Waals surface area contributed by atoms with E-state index in [-0.39, 0.29) is 10.7 Å². The number of hydrazone groups is 1. The zero-order valence-corrected chi connectivity index (χ0v) is 12.5. The Morgan fingerprint density at radius 3 is 2.36 bits per heavy atom. The quantitative estimate of drug-likeness (QED) is 0.515. The van der Waals surface area contributed by atoms with E-state index in [0.717, 1.165) is 29.8 Å². The lowest BCUT2D eigenvalue weighted by Crippen LogP contribution is -2.23. The van der Waals surface area contributed by atoms with Crippen molar-refractivity contribution in [1.29, 1.82) is 0 Å². The van der Waals surface area contributed by atoms with Crippen molar-refractivity contribution in [2.75, 3.05) is 12.4 Å². The summed E-state index contributed by atoms with van der Waals surface area (Å²) in [5, 5.41) is 6.77. The number of hydrogen-bond acceptors (Lipinski definition) is 3. The Morgan fingerprint density at radius 1 is 1.14 bits per heavy atom. The highest BCUT2D eigenvalue weighted by Gasteiger charge is 2.05. The zero-order chi connectivity index (χ0) is 15.9. The van der Waals surface area contributed by atoms with Crippen molar-refractivity contribution in [1.82, 2.24) is 5.43 Å². The Kier molecular flexibility index (Phi) is 5.37. The molecule has 0 saturated heterocycles. The molecule has 0 bridgehead atoms. The second-order valence-electron chi connectivity index (χ2n) is 4.19. The van der Waals surface area contributed by atoms with Gasteiger partial charge >= 0.3 is 0 Å². The van der Waals surface area contributed by atoms with E-state index in [4.69, 9.17) is 17.0 Å². The van der Waals surface area contributed by atoms with Crippen LogP contribution >= 0.6 is 12.2 Å². The molecule has 0 aliphatic carbocycles. The molecule has 2 aromatic carbocycles. The largest absolute Gasteiger partial charge is 0.497 e. The number of hydrogen-bond donors (Lipinski definition) is 2. The smallest absolute Gasteiger partial charge is 0.191 e. The van der Waals surface area contributed by atoms with Crippen molar-refractivity contribution in [2.24, 2.45) is 5.10 Å². The number of rotatable bonds is 4. The molecule has 0 fully saturated rings. The molecule has 2 rings (SSSR count). The number of ether oxygens (including phenoxy) is 1. The van der Waals surface area contributed by atoms with Gasteiger partial charge in [-0.25, -0.2) is 8.78 Å². The maximum absolute atomic E-state index is 13.4. The lowest BCUT2D eigenvalue weighted by atomic mass is 10.2. The van der Waals surface area contributed by atoms with Gasteiger partial charge in [0.05, 0.1) is 18.9 Å². The minimum absolute atomic E-state index is 0.193. The van der Waals surface area contributed by atoms with E-state index in [0.29, 0.717) is 0 Å². The maximum atomic E-state index is 13.4. The summed E-state index contributed by atoms with van der Waals surface area (Å²) in [6.45, 7) is 0. The first kappa shape index (κ1) is 15.8. The molecule has 0 aliphatic rings. The fourth-order valence-corrected chi connectivity index (χ4v) is 1.79. The van der Waals surface area contributed by atoms with Crippen LogP contribution in [0.2, 0.25) is 0 Å². The number of anilines is 1. The van der Waals surface area contributed by atoms with Gasteiger partial charge in [0.2, 0.25) is 0 Å². The van der Waals surface area contributed by atoms with Crippen molar-refractivity contribution >= 4 is 29.2 Å². The van der Waals surface area contributed by atoms with Gasteiger partial charge in [0.15, 0.2) is 5.11 Å². The van der Waals surface area contributed by atoms with Crippen LogP contribution in [0.1, 0.15) is 5.56 Å². The summed E-state index contributed by atoms with van der Waals surface area (Å²) in [5.41, 5.74) is 2.98. The van der Waals surface area contributed by atoms with Crippen LogP contribution in [0.3, 0.4) is 0 Å². The van der Waals surface area contributed by atoms with Crippen LogP contribution in [-0.4, -0.2) is 18.4 Å². The van der Waals surface area contributed by atoms with E-state index >= 15 is 0 Å². The van der Waals surface area contributed by atoms with E-state index in [1.807, 2.05) is 0 Å². The van der Waals surface area contributed by atoms with Gasteiger partial charge in [-0.1, -0.05) is 6.07 Å². The molecule has 0 aromatic heterocycles. The summed E-state index contributed by atoms with van der Waals surface area (Å²) < 4.78 is 31.8. The summed E-state index contributed by atoms with van der Waals surface area (Å²) in [4.78, 5) is 0. The summed E-state index contributed by atoms with van der Waals surface area (Å²) in [5.74, 6) is -0.670. The molecule has 2 aromatic rings. The van der Waals surface area contributed by atoms with Gasteiger partial charge in [0.1, 0.15) is 17.4 Å². The van der Waals surface area contributed by atoms with Gasteiger partial charge in [0.25, 0.3) is 0 Å². The standard InChI is InChI=1S/C15H13F2N3OS/c1-21-11-7-5-10(6-8-11)19-15(22)20-18-9-12-13(16)3-2-4-14(12)17/h2-9H,1H3,(H2,19,20,22)/b18-9-. The normalized spacial score (nSPS) is 10.5. The Bertz CT molecular complexity index is 669. The third kappa shape index (κ3) is 4.23. The van der Waals surface area contributed by atoms with E-state index in [9.17, 15) is 8.78 Å². The predicted molar refractivity (Wildman–Crippen MR) is 86.3 cm³/mol. The summed E-state index contributed by atoms with van der Waals surface area (Å²) in [7, 11) is 1.57. The molecule has 0 saturated carbocycles. The second-order valence-corrected chi connectivity index (χ2v) is 4.60. The number of benzene rings is 2. The van der Waals surface area contributed by atoms with E-state index in [1.54, 1.807) is 31.4 Å². The van der Waals surface area contributed by atoms with Crippen LogP contribution < -0.4 is 15.5 Å². The van der Waals surface area contributed by atoms with Crippen molar-refractivity contribution in [3.63, 3.8) is 0 Å². The Morgan fingerprint density at radius 2 is 1.77 bits per heavy atom. The summed E-state index contributed by atoms with van der Waals surface area (Å²) in [6, 6.07) is 10.7. The molecule has 0 atom stereocenters. The molecular weight excluding hydrogens is 308 g/mol. The van der Waals surface area contributed by atoms with Crippen molar-refractivity contribution in [3.8, 4) is 5.75 Å². The van der Waals surface area contributed by atoms with Crippen molar-refractivity contribution in [3.05, 3.63) is 59.7 Å². The average Bonchev–Trinajstić information content (AvgIpc) is 2.51. The Balaban J connectivity index is 1.93. The highest BCUT2D eigenvalue weighted by atomic mass is 32.1. The average molecular weight is 321 g/mol. The molecule has 0 amide bonds. The van der Waals surface area contributed by atoms with Crippen molar-refractivity contribution in [2.45, 2.75) is 0 Å². The first-order chi connectivity index (χ1) is 10.6. The SMILES string of the molecule is COc1ccc(NC(=S)N/N=C\c2c(F)cccc2F)cc1. The van der Waals surface area contributed by atoms with Gasteiger partial charge in [-0.05, 0) is 48.6 Å². The van der Waals surface area contributed by atoms with E-state index in [2.05, 4.69) is 15.8 Å². The predicted octanol–water partition coefficient (Wildman–Crippen LogP) is 3.29. The van der Waals surface area contributed by atoms with E-state index < -0.39 is 11.6 Å². The third-order valence-electron chi connectivity index (χ3n) is 2.71. The number of methoxy groups -OCH3 is 1. The third-order valence-corrected chi connectivity index (χ3v) is 2.90. The van der Waals surface area contributed by atoms with Gasteiger partial charge in [-0.3, -0.25) is 5.43 Å². The number of thiocarbonyl (C=S) groups is 1. The number of halogens is 2. The molecule has 7 heteroatoms. The minimum Gasteiger partial charge on any atom is -0.497 e. The molecule has 114 valence electrons. The van der Waals surface area contributed by atoms with Gasteiger partial charge in [-0.2, -0.15) is 5.10 Å². The fourth-order valence-electron chi connectivity index (χ4n) is 1.62. The molecule has 22 heavy (non-hydrogen) atoms. The Hall–Kier alpha value is -2.54. The van der Waals surface area contributed by atoms with Gasteiger partial charge in [0, 0.05) is 5.69 Å². The van der Waals surface area contributed by atoms with Crippen LogP contribution in [0.4, 0.5) is 14.5 Å². The van der Waals surface area contributed by atoms with E-state index in [1.165, 1.54) is 6.07 Å². The Labute approximate surface area is 131 Å². The molecule has 4 nitrogen and oxygen atoms in total. The van der Waals surface area contributed by atoms with Gasteiger partial charge < -0.3 is 10.1 Å².